The summed E-state index contributed by atoms with van der Waals surface area (Å²) in [5, 5.41) is 0. The van der Waals surface area contributed by atoms with Gasteiger partial charge in [0.1, 0.15) is 17.5 Å². The third-order valence-electron chi connectivity index (χ3n) is 5.04. The summed E-state index contributed by atoms with van der Waals surface area (Å²) < 4.78 is 39.8. The van der Waals surface area contributed by atoms with Crippen LogP contribution in [-0.4, -0.2) is 17.3 Å². The Bertz CT molecular complexity index is 1180. The normalized spacial score (nSPS) is 10.6. The molecule has 0 bridgehead atoms. The number of carbonyl (C=O) groups excluding carboxylic acids is 3. The smallest absolute Gasteiger partial charge is 0.193 e. The lowest BCUT2D eigenvalue weighted by atomic mass is 9.92. The molecule has 4 rings (SSSR count). The van der Waals surface area contributed by atoms with Crippen LogP contribution in [0.25, 0.3) is 0 Å². The van der Waals surface area contributed by atoms with Crippen molar-refractivity contribution in [1.82, 2.24) is 0 Å². The molecule has 0 saturated heterocycles. The molecule has 0 N–H and O–H groups in total. The zero-order chi connectivity index (χ0) is 23.5. The standard InChI is InChI=1S/C27H15F3O3/c28-22-7-1-16(2-8-22)25(31)19-13-20(26(32)17-3-9-23(29)10-4-17)15-21(14-19)27(33)18-5-11-24(30)12-6-18/h1-15H. The molecule has 0 unspecified atom stereocenters. The molecular formula is C27H15F3O3. The topological polar surface area (TPSA) is 51.2 Å². The highest BCUT2D eigenvalue weighted by molar-refractivity contribution is 6.17. The van der Waals surface area contributed by atoms with Gasteiger partial charge in [0.15, 0.2) is 17.3 Å². The molecular weight excluding hydrogens is 429 g/mol. The third kappa shape index (κ3) is 4.80. The number of carbonyl (C=O) groups is 3. The lowest BCUT2D eigenvalue weighted by molar-refractivity contribution is 0.103. The maximum absolute atomic E-state index is 13.3. The Hall–Kier alpha value is -4.32. The number of ketones is 3. The Kier molecular flexibility index (Phi) is 6.00. The van der Waals surface area contributed by atoms with Crippen LogP contribution in [0.15, 0.2) is 91.0 Å². The van der Waals surface area contributed by atoms with Crippen LogP contribution in [0, 0.1) is 17.5 Å². The van der Waals surface area contributed by atoms with E-state index in [-0.39, 0.29) is 33.4 Å². The molecule has 0 fully saturated rings. The Balaban J connectivity index is 1.81. The molecule has 0 aliphatic carbocycles. The van der Waals surface area contributed by atoms with E-state index in [9.17, 15) is 27.6 Å². The fourth-order valence-electron chi connectivity index (χ4n) is 3.32. The molecule has 4 aromatic rings. The summed E-state index contributed by atoms with van der Waals surface area (Å²) in [4.78, 5) is 39.1. The van der Waals surface area contributed by atoms with Crippen molar-refractivity contribution < 1.29 is 27.6 Å². The van der Waals surface area contributed by atoms with E-state index >= 15 is 0 Å². The summed E-state index contributed by atoms with van der Waals surface area (Å²) in [5.41, 5.74) is 0.633. The Morgan fingerprint density at radius 2 is 0.576 bits per heavy atom. The van der Waals surface area contributed by atoms with Crippen LogP contribution in [0.3, 0.4) is 0 Å². The quantitative estimate of drug-likeness (QED) is 0.354. The first kappa shape index (κ1) is 21.9. The minimum Gasteiger partial charge on any atom is -0.289 e. The summed E-state index contributed by atoms with van der Waals surface area (Å²) >= 11 is 0. The molecule has 0 aromatic heterocycles. The van der Waals surface area contributed by atoms with Gasteiger partial charge in [0.25, 0.3) is 0 Å². The van der Waals surface area contributed by atoms with E-state index in [4.69, 9.17) is 0 Å². The fraction of sp³-hybridized carbons (Fsp3) is 0. The lowest BCUT2D eigenvalue weighted by Gasteiger charge is -2.10. The molecule has 162 valence electrons. The van der Waals surface area contributed by atoms with Crippen molar-refractivity contribution in [3.8, 4) is 0 Å². The lowest BCUT2D eigenvalue weighted by Crippen LogP contribution is -2.10. The SMILES string of the molecule is O=C(c1ccc(F)cc1)c1cc(C(=O)c2ccc(F)cc2)cc(C(=O)c2ccc(F)cc2)c1. The van der Waals surface area contributed by atoms with Crippen molar-refractivity contribution in [1.29, 1.82) is 0 Å². The molecule has 0 radical (unpaired) electrons. The molecule has 4 aromatic carbocycles. The molecule has 33 heavy (non-hydrogen) atoms. The van der Waals surface area contributed by atoms with Gasteiger partial charge in [-0.25, -0.2) is 13.2 Å². The third-order valence-corrected chi connectivity index (χ3v) is 5.04. The molecule has 6 heteroatoms. The van der Waals surface area contributed by atoms with Crippen molar-refractivity contribution in [2.75, 3.05) is 0 Å². The second-order valence-corrected chi connectivity index (χ2v) is 7.31. The number of halogens is 3. The predicted octanol–water partition coefficient (Wildman–Crippen LogP) is 5.80. The van der Waals surface area contributed by atoms with Crippen LogP contribution in [0.5, 0.6) is 0 Å². The highest BCUT2D eigenvalue weighted by Gasteiger charge is 2.19. The van der Waals surface area contributed by atoms with Gasteiger partial charge in [0.05, 0.1) is 0 Å². The number of rotatable bonds is 6. The van der Waals surface area contributed by atoms with E-state index in [1.807, 2.05) is 0 Å². The van der Waals surface area contributed by atoms with E-state index < -0.39 is 34.8 Å². The first-order chi connectivity index (χ1) is 15.8. The zero-order valence-corrected chi connectivity index (χ0v) is 17.0. The van der Waals surface area contributed by atoms with E-state index in [0.29, 0.717) is 0 Å². The largest absolute Gasteiger partial charge is 0.289 e. The van der Waals surface area contributed by atoms with Gasteiger partial charge in [0.2, 0.25) is 0 Å². The Morgan fingerprint density at radius 3 is 0.788 bits per heavy atom. The molecule has 0 heterocycles. The van der Waals surface area contributed by atoms with Crippen molar-refractivity contribution in [2.45, 2.75) is 0 Å². The second-order valence-electron chi connectivity index (χ2n) is 7.31. The van der Waals surface area contributed by atoms with Crippen LogP contribution in [0.2, 0.25) is 0 Å². The van der Waals surface area contributed by atoms with Crippen molar-refractivity contribution in [3.05, 3.63) is 142 Å². The van der Waals surface area contributed by atoms with E-state index in [1.54, 1.807) is 0 Å². The number of hydrogen-bond donors (Lipinski definition) is 0. The second kappa shape index (κ2) is 9.04. The molecule has 0 atom stereocenters. The van der Waals surface area contributed by atoms with Crippen LogP contribution in [0.1, 0.15) is 47.8 Å². The van der Waals surface area contributed by atoms with Crippen LogP contribution in [-0.2, 0) is 0 Å². The first-order valence-electron chi connectivity index (χ1n) is 9.88. The van der Waals surface area contributed by atoms with Crippen LogP contribution >= 0.6 is 0 Å². The fourth-order valence-corrected chi connectivity index (χ4v) is 3.32. The van der Waals surface area contributed by atoms with Gasteiger partial charge in [-0.3, -0.25) is 14.4 Å². The predicted molar refractivity (Wildman–Crippen MR) is 116 cm³/mol. The maximum atomic E-state index is 13.3. The van der Waals surface area contributed by atoms with Gasteiger partial charge in [-0.1, -0.05) is 0 Å². The molecule has 0 aliphatic rings. The van der Waals surface area contributed by atoms with E-state index in [1.165, 1.54) is 54.6 Å². The average molecular weight is 444 g/mol. The summed E-state index contributed by atoms with van der Waals surface area (Å²) in [6.07, 6.45) is 0. The molecule has 3 nitrogen and oxygen atoms in total. The van der Waals surface area contributed by atoms with E-state index in [0.717, 1.165) is 36.4 Å². The van der Waals surface area contributed by atoms with Gasteiger partial charge in [0, 0.05) is 33.4 Å². The van der Waals surface area contributed by atoms with Gasteiger partial charge in [-0.15, -0.1) is 0 Å². The maximum Gasteiger partial charge on any atom is 0.193 e. The van der Waals surface area contributed by atoms with Gasteiger partial charge in [-0.2, -0.15) is 0 Å². The van der Waals surface area contributed by atoms with Crippen molar-refractivity contribution >= 4 is 17.3 Å². The number of hydrogen-bond acceptors (Lipinski definition) is 3. The Labute approximate surface area is 187 Å². The zero-order valence-electron chi connectivity index (χ0n) is 17.0. The minimum atomic E-state index is -0.517. The highest BCUT2D eigenvalue weighted by atomic mass is 19.1. The summed E-state index contributed by atoms with van der Waals surface area (Å²) in [6.45, 7) is 0. The summed E-state index contributed by atoms with van der Waals surface area (Å²) in [7, 11) is 0. The highest BCUT2D eigenvalue weighted by Crippen LogP contribution is 2.21. The molecule has 0 aliphatic heterocycles. The summed E-state index contributed by atoms with van der Waals surface area (Å²) in [5.74, 6) is -3.09. The van der Waals surface area contributed by atoms with E-state index in [2.05, 4.69) is 0 Å². The van der Waals surface area contributed by atoms with Crippen molar-refractivity contribution in [3.63, 3.8) is 0 Å². The van der Waals surface area contributed by atoms with Gasteiger partial charge in [-0.05, 0) is 91.0 Å². The monoisotopic (exact) mass is 444 g/mol. The van der Waals surface area contributed by atoms with Gasteiger partial charge < -0.3 is 0 Å². The number of benzene rings is 4. The average Bonchev–Trinajstić information content (AvgIpc) is 2.84. The van der Waals surface area contributed by atoms with Crippen LogP contribution in [0.4, 0.5) is 13.2 Å². The summed E-state index contributed by atoms with van der Waals surface area (Å²) in [6, 6.07) is 18.6. The Morgan fingerprint density at radius 1 is 0.364 bits per heavy atom. The molecule has 0 spiro atoms. The minimum absolute atomic E-state index is 0.0417. The first-order valence-corrected chi connectivity index (χ1v) is 9.88. The van der Waals surface area contributed by atoms with Crippen molar-refractivity contribution in [2.24, 2.45) is 0 Å². The van der Waals surface area contributed by atoms with Gasteiger partial charge >= 0.3 is 0 Å². The molecule has 0 saturated carbocycles. The van der Waals surface area contributed by atoms with Crippen LogP contribution < -0.4 is 0 Å². The molecule has 0 amide bonds.